The van der Waals surface area contributed by atoms with Gasteiger partial charge in [-0.2, -0.15) is 0 Å². The van der Waals surface area contributed by atoms with Gasteiger partial charge in [0.05, 0.1) is 13.7 Å². The molecular weight excluding hydrogens is 316 g/mol. The lowest BCUT2D eigenvalue weighted by molar-refractivity contribution is 0.414. The molecule has 1 aromatic heterocycles. The molecule has 0 saturated heterocycles. The highest BCUT2D eigenvalue weighted by Crippen LogP contribution is 2.13. The molecule has 1 aromatic carbocycles. The normalized spacial score (nSPS) is 11.4. The van der Waals surface area contributed by atoms with E-state index in [1.807, 2.05) is 24.3 Å². The molecule has 0 aliphatic rings. The Morgan fingerprint density at radius 1 is 1.24 bits per heavy atom. The highest BCUT2D eigenvalue weighted by atomic mass is 16.5. The largest absolute Gasteiger partial charge is 0.497 e. The third kappa shape index (κ3) is 6.10. The van der Waals surface area contributed by atoms with Crippen molar-refractivity contribution in [3.05, 3.63) is 42.0 Å². The minimum absolute atomic E-state index is 0.600. The average molecular weight is 344 g/mol. The van der Waals surface area contributed by atoms with Gasteiger partial charge in [0.25, 0.3) is 0 Å². The fourth-order valence-corrected chi connectivity index (χ4v) is 2.39. The van der Waals surface area contributed by atoms with Crippen molar-refractivity contribution >= 4 is 5.96 Å². The van der Waals surface area contributed by atoms with Gasteiger partial charge in [-0.1, -0.05) is 26.0 Å². The molecule has 0 aliphatic carbocycles. The van der Waals surface area contributed by atoms with Crippen LogP contribution in [0.2, 0.25) is 0 Å². The Balaban J connectivity index is 1.92. The summed E-state index contributed by atoms with van der Waals surface area (Å²) >= 11 is 0. The van der Waals surface area contributed by atoms with Crippen LogP contribution in [0, 0.1) is 0 Å². The minimum atomic E-state index is 0.600. The van der Waals surface area contributed by atoms with E-state index >= 15 is 0 Å². The maximum atomic E-state index is 5.26. The number of hydrogen-bond acceptors (Lipinski definition) is 4. The smallest absolute Gasteiger partial charge is 0.191 e. The summed E-state index contributed by atoms with van der Waals surface area (Å²) in [4.78, 5) is 4.67. The number of rotatable bonds is 9. The molecule has 0 amide bonds. The zero-order chi connectivity index (χ0) is 17.9. The standard InChI is InChI=1S/C18H28N6O/c1-4-9-19-18(20-10-11-24-14-22-23-17(24)5-2)21-13-15-7-6-8-16(12-15)25-3/h6-8,12,14H,4-5,9-11,13H2,1-3H3,(H2,19,20,21). The van der Waals surface area contributed by atoms with E-state index in [1.165, 1.54) is 0 Å². The van der Waals surface area contributed by atoms with Gasteiger partial charge in [-0.25, -0.2) is 4.99 Å². The fraction of sp³-hybridized carbons (Fsp3) is 0.500. The van der Waals surface area contributed by atoms with Crippen molar-refractivity contribution in [1.29, 1.82) is 0 Å². The molecule has 0 unspecified atom stereocenters. The van der Waals surface area contributed by atoms with Crippen LogP contribution in [0.25, 0.3) is 0 Å². The van der Waals surface area contributed by atoms with Crippen LogP contribution >= 0.6 is 0 Å². The summed E-state index contributed by atoms with van der Waals surface area (Å²) < 4.78 is 7.32. The quantitative estimate of drug-likeness (QED) is 0.537. The molecule has 2 rings (SSSR count). The average Bonchev–Trinajstić information content (AvgIpc) is 3.11. The summed E-state index contributed by atoms with van der Waals surface area (Å²) in [6, 6.07) is 7.97. The molecule has 0 saturated carbocycles. The van der Waals surface area contributed by atoms with E-state index in [0.29, 0.717) is 6.54 Å². The maximum Gasteiger partial charge on any atom is 0.191 e. The summed E-state index contributed by atoms with van der Waals surface area (Å²) in [5.41, 5.74) is 1.11. The number of ether oxygens (including phenoxy) is 1. The lowest BCUT2D eigenvalue weighted by Crippen LogP contribution is -2.39. The number of hydrogen-bond donors (Lipinski definition) is 2. The highest BCUT2D eigenvalue weighted by molar-refractivity contribution is 5.79. The molecule has 0 fully saturated rings. The topological polar surface area (TPSA) is 76.4 Å². The second-order valence-electron chi connectivity index (χ2n) is 5.66. The molecule has 136 valence electrons. The number of nitrogens with one attached hydrogen (secondary N) is 2. The molecule has 0 aliphatic heterocycles. The van der Waals surface area contributed by atoms with E-state index in [2.05, 4.69) is 44.2 Å². The van der Waals surface area contributed by atoms with Crippen molar-refractivity contribution < 1.29 is 4.74 Å². The molecule has 2 N–H and O–H groups in total. The Morgan fingerprint density at radius 2 is 2.08 bits per heavy atom. The van der Waals surface area contributed by atoms with Crippen molar-refractivity contribution in [2.45, 2.75) is 39.8 Å². The van der Waals surface area contributed by atoms with E-state index in [0.717, 1.165) is 55.6 Å². The second-order valence-corrected chi connectivity index (χ2v) is 5.66. The first-order chi connectivity index (χ1) is 12.3. The monoisotopic (exact) mass is 344 g/mol. The predicted molar refractivity (Wildman–Crippen MR) is 99.8 cm³/mol. The van der Waals surface area contributed by atoms with Gasteiger partial charge in [-0.15, -0.1) is 10.2 Å². The van der Waals surface area contributed by atoms with Crippen LogP contribution in [0.15, 0.2) is 35.6 Å². The van der Waals surface area contributed by atoms with Crippen LogP contribution in [-0.2, 0) is 19.5 Å². The van der Waals surface area contributed by atoms with E-state index in [1.54, 1.807) is 13.4 Å². The van der Waals surface area contributed by atoms with Gasteiger partial charge in [-0.05, 0) is 24.1 Å². The predicted octanol–water partition coefficient (Wildman–Crippen LogP) is 1.99. The fourth-order valence-electron chi connectivity index (χ4n) is 2.39. The van der Waals surface area contributed by atoms with E-state index in [-0.39, 0.29) is 0 Å². The lowest BCUT2D eigenvalue weighted by Gasteiger charge is -2.13. The summed E-state index contributed by atoms with van der Waals surface area (Å²) in [7, 11) is 1.67. The summed E-state index contributed by atoms with van der Waals surface area (Å²) in [5.74, 6) is 2.66. The van der Waals surface area contributed by atoms with Crippen LogP contribution in [0.5, 0.6) is 5.75 Å². The molecule has 0 spiro atoms. The molecule has 1 heterocycles. The summed E-state index contributed by atoms with van der Waals surface area (Å²) in [6.45, 7) is 7.27. The van der Waals surface area contributed by atoms with Crippen molar-refractivity contribution in [3.8, 4) is 5.75 Å². The zero-order valence-electron chi connectivity index (χ0n) is 15.3. The second kappa shape index (κ2) is 10.3. The summed E-state index contributed by atoms with van der Waals surface area (Å²) in [5, 5.41) is 14.8. The van der Waals surface area contributed by atoms with Gasteiger partial charge in [0, 0.05) is 26.1 Å². The number of guanidine groups is 1. The van der Waals surface area contributed by atoms with Gasteiger partial charge >= 0.3 is 0 Å². The van der Waals surface area contributed by atoms with Crippen LogP contribution < -0.4 is 15.4 Å². The Morgan fingerprint density at radius 3 is 2.84 bits per heavy atom. The van der Waals surface area contributed by atoms with Crippen molar-refractivity contribution in [2.75, 3.05) is 20.2 Å². The highest BCUT2D eigenvalue weighted by Gasteiger charge is 2.03. The first-order valence-electron chi connectivity index (χ1n) is 8.78. The maximum absolute atomic E-state index is 5.26. The van der Waals surface area contributed by atoms with E-state index in [4.69, 9.17) is 4.74 Å². The molecule has 25 heavy (non-hydrogen) atoms. The number of aliphatic imine (C=N–C) groups is 1. The third-order valence-electron chi connectivity index (χ3n) is 3.75. The summed E-state index contributed by atoms with van der Waals surface area (Å²) in [6.07, 6.45) is 3.70. The van der Waals surface area contributed by atoms with Gasteiger partial charge in [0.1, 0.15) is 17.9 Å². The molecule has 0 radical (unpaired) electrons. The number of aromatic nitrogens is 3. The van der Waals surface area contributed by atoms with Crippen LogP contribution in [0.3, 0.4) is 0 Å². The molecular formula is C18H28N6O. The van der Waals surface area contributed by atoms with Crippen molar-refractivity contribution in [3.63, 3.8) is 0 Å². The van der Waals surface area contributed by atoms with Crippen LogP contribution in [0.4, 0.5) is 0 Å². The van der Waals surface area contributed by atoms with Gasteiger partial charge in [-0.3, -0.25) is 0 Å². The number of methoxy groups -OCH3 is 1. The Kier molecular flexibility index (Phi) is 7.75. The first-order valence-corrected chi connectivity index (χ1v) is 8.78. The van der Waals surface area contributed by atoms with Gasteiger partial charge in [0.15, 0.2) is 5.96 Å². The minimum Gasteiger partial charge on any atom is -0.497 e. The first kappa shape index (κ1) is 18.8. The zero-order valence-corrected chi connectivity index (χ0v) is 15.3. The SMILES string of the molecule is CCCNC(=NCc1cccc(OC)c1)NCCn1cnnc1CC. The molecule has 0 bridgehead atoms. The molecule has 7 heteroatoms. The number of aryl methyl sites for hydroxylation is 1. The molecule has 2 aromatic rings. The Labute approximate surface area is 149 Å². The van der Waals surface area contributed by atoms with Gasteiger partial charge < -0.3 is 19.9 Å². The third-order valence-corrected chi connectivity index (χ3v) is 3.75. The Hall–Kier alpha value is -2.57. The van der Waals surface area contributed by atoms with Crippen molar-refractivity contribution in [2.24, 2.45) is 4.99 Å². The number of benzene rings is 1. The van der Waals surface area contributed by atoms with Crippen LogP contribution in [0.1, 0.15) is 31.7 Å². The van der Waals surface area contributed by atoms with E-state index < -0.39 is 0 Å². The van der Waals surface area contributed by atoms with Gasteiger partial charge in [0.2, 0.25) is 0 Å². The number of nitrogens with zero attached hydrogens (tertiary/aromatic N) is 4. The molecule has 7 nitrogen and oxygen atoms in total. The lowest BCUT2D eigenvalue weighted by atomic mass is 10.2. The molecule has 0 atom stereocenters. The van der Waals surface area contributed by atoms with Crippen LogP contribution in [-0.4, -0.2) is 40.9 Å². The van der Waals surface area contributed by atoms with Crippen molar-refractivity contribution in [1.82, 2.24) is 25.4 Å². The Bertz CT molecular complexity index is 667. The van der Waals surface area contributed by atoms with E-state index in [9.17, 15) is 0 Å².